The molecule has 3 aromatic carbocycles. The molecule has 0 atom stereocenters. The molecule has 0 radical (unpaired) electrons. The van der Waals surface area contributed by atoms with E-state index in [2.05, 4.69) is 10.0 Å². The van der Waals surface area contributed by atoms with E-state index in [0.29, 0.717) is 11.4 Å². The molecule has 0 unspecified atom stereocenters. The van der Waals surface area contributed by atoms with Crippen LogP contribution < -0.4 is 19.5 Å². The maximum absolute atomic E-state index is 12.9. The quantitative estimate of drug-likeness (QED) is 0.616. The molecule has 0 aliphatic rings. The Morgan fingerprint density at radius 1 is 0.828 bits per heavy atom. The molecule has 0 saturated heterocycles. The van der Waals surface area contributed by atoms with Gasteiger partial charge in [-0.1, -0.05) is 30.3 Å². The van der Waals surface area contributed by atoms with Gasteiger partial charge in [0.2, 0.25) is 0 Å². The number of carbonyl (C=O) groups excluding carboxylic acids is 1. The number of methoxy groups -OCH3 is 2. The van der Waals surface area contributed by atoms with Crippen molar-refractivity contribution in [2.45, 2.75) is 4.90 Å². The summed E-state index contributed by atoms with van der Waals surface area (Å²) >= 11 is 0. The second kappa shape index (κ2) is 8.66. The summed E-state index contributed by atoms with van der Waals surface area (Å²) in [6, 6.07) is 19.5. The van der Waals surface area contributed by atoms with Gasteiger partial charge in [0.05, 0.1) is 30.4 Å². The number of hydrogen-bond donors (Lipinski definition) is 2. The first-order valence-electron chi connectivity index (χ1n) is 8.65. The first-order valence-corrected chi connectivity index (χ1v) is 10.1. The molecule has 3 aromatic rings. The van der Waals surface area contributed by atoms with Crippen molar-refractivity contribution < 1.29 is 22.7 Å². The van der Waals surface area contributed by atoms with Crippen molar-refractivity contribution in [1.82, 2.24) is 0 Å². The number of nitrogens with one attached hydrogen (secondary N) is 2. The summed E-state index contributed by atoms with van der Waals surface area (Å²) in [5.74, 6) is 0.265. The number of hydrogen-bond acceptors (Lipinski definition) is 5. The smallest absolute Gasteiger partial charge is 0.262 e. The molecule has 0 spiro atoms. The minimum atomic E-state index is -3.97. The van der Waals surface area contributed by atoms with Gasteiger partial charge in [-0.05, 0) is 36.4 Å². The number of para-hydroxylation sites is 2. The van der Waals surface area contributed by atoms with E-state index in [0.717, 1.165) is 0 Å². The molecule has 0 fully saturated rings. The molecule has 0 aliphatic heterocycles. The van der Waals surface area contributed by atoms with Crippen LogP contribution in [0.5, 0.6) is 11.5 Å². The third-order valence-corrected chi connectivity index (χ3v) is 5.48. The van der Waals surface area contributed by atoms with Crippen molar-refractivity contribution >= 4 is 27.3 Å². The third kappa shape index (κ3) is 4.67. The van der Waals surface area contributed by atoms with E-state index < -0.39 is 15.9 Å². The normalized spacial score (nSPS) is 10.8. The predicted molar refractivity (Wildman–Crippen MR) is 111 cm³/mol. The van der Waals surface area contributed by atoms with Gasteiger partial charge in [0.1, 0.15) is 0 Å². The molecule has 0 aromatic heterocycles. The van der Waals surface area contributed by atoms with Crippen LogP contribution in [0.1, 0.15) is 10.4 Å². The Hall–Kier alpha value is -3.52. The highest BCUT2D eigenvalue weighted by molar-refractivity contribution is 7.92. The molecule has 3 rings (SSSR count). The summed E-state index contributed by atoms with van der Waals surface area (Å²) < 4.78 is 38.5. The summed E-state index contributed by atoms with van der Waals surface area (Å²) in [6.07, 6.45) is 0. The second-order valence-electron chi connectivity index (χ2n) is 5.99. The highest BCUT2D eigenvalue weighted by atomic mass is 32.2. The van der Waals surface area contributed by atoms with E-state index in [1.165, 1.54) is 38.5 Å². The fraction of sp³-hybridized carbons (Fsp3) is 0.0952. The van der Waals surface area contributed by atoms with E-state index in [1.54, 1.807) is 42.5 Å². The number of sulfonamides is 1. The van der Waals surface area contributed by atoms with Crippen LogP contribution in [0.15, 0.2) is 77.7 Å². The lowest BCUT2D eigenvalue weighted by molar-refractivity contribution is 0.102. The monoisotopic (exact) mass is 412 g/mol. The zero-order valence-corrected chi connectivity index (χ0v) is 16.7. The van der Waals surface area contributed by atoms with Gasteiger partial charge >= 0.3 is 0 Å². The Morgan fingerprint density at radius 2 is 1.48 bits per heavy atom. The molecular formula is C21H20N2O5S. The second-order valence-corrected chi connectivity index (χ2v) is 7.67. The zero-order chi connectivity index (χ0) is 20.9. The Labute approximate surface area is 169 Å². The van der Waals surface area contributed by atoms with Crippen LogP contribution in [-0.4, -0.2) is 28.5 Å². The van der Waals surface area contributed by atoms with Crippen molar-refractivity contribution in [1.29, 1.82) is 0 Å². The minimum Gasteiger partial charge on any atom is -0.493 e. The van der Waals surface area contributed by atoms with Gasteiger partial charge in [0, 0.05) is 11.8 Å². The topological polar surface area (TPSA) is 93.7 Å². The SMILES string of the molecule is COc1ccc(S(=O)(=O)Nc2ccccc2C(=O)Nc2ccccc2)cc1OC. The van der Waals surface area contributed by atoms with Gasteiger partial charge in [-0.2, -0.15) is 0 Å². The molecule has 0 heterocycles. The zero-order valence-electron chi connectivity index (χ0n) is 15.9. The number of amides is 1. The van der Waals surface area contributed by atoms with Crippen molar-refractivity contribution in [3.63, 3.8) is 0 Å². The van der Waals surface area contributed by atoms with Crippen LogP contribution in [0.4, 0.5) is 11.4 Å². The Balaban J connectivity index is 1.89. The van der Waals surface area contributed by atoms with Crippen LogP contribution in [0.2, 0.25) is 0 Å². The van der Waals surface area contributed by atoms with Crippen molar-refractivity contribution in [3.8, 4) is 11.5 Å². The molecule has 1 amide bonds. The molecule has 29 heavy (non-hydrogen) atoms. The highest BCUT2D eigenvalue weighted by Gasteiger charge is 2.20. The van der Waals surface area contributed by atoms with E-state index in [1.807, 2.05) is 6.07 Å². The lowest BCUT2D eigenvalue weighted by Crippen LogP contribution is -2.18. The summed E-state index contributed by atoms with van der Waals surface area (Å²) in [7, 11) is -1.08. The van der Waals surface area contributed by atoms with Crippen LogP contribution in [-0.2, 0) is 10.0 Å². The van der Waals surface area contributed by atoms with Crippen LogP contribution in [0, 0.1) is 0 Å². The Kier molecular flexibility index (Phi) is 6.04. The molecule has 8 heteroatoms. The number of benzene rings is 3. The number of anilines is 2. The van der Waals surface area contributed by atoms with Gasteiger partial charge < -0.3 is 14.8 Å². The third-order valence-electron chi connectivity index (χ3n) is 4.11. The van der Waals surface area contributed by atoms with Gasteiger partial charge in [0.25, 0.3) is 15.9 Å². The summed E-state index contributed by atoms with van der Waals surface area (Å²) in [4.78, 5) is 12.6. The Bertz CT molecular complexity index is 1110. The van der Waals surface area contributed by atoms with E-state index in [4.69, 9.17) is 9.47 Å². The van der Waals surface area contributed by atoms with Crippen LogP contribution >= 0.6 is 0 Å². The summed E-state index contributed by atoms with van der Waals surface area (Å²) in [5, 5.41) is 2.75. The van der Waals surface area contributed by atoms with E-state index in [-0.39, 0.29) is 21.9 Å². The average Bonchev–Trinajstić information content (AvgIpc) is 2.74. The Morgan fingerprint density at radius 3 is 2.17 bits per heavy atom. The van der Waals surface area contributed by atoms with Crippen molar-refractivity contribution in [3.05, 3.63) is 78.4 Å². The fourth-order valence-electron chi connectivity index (χ4n) is 2.68. The first kappa shape index (κ1) is 20.2. The first-order chi connectivity index (χ1) is 13.9. The number of ether oxygens (including phenoxy) is 2. The highest BCUT2D eigenvalue weighted by Crippen LogP contribution is 2.30. The standard InChI is InChI=1S/C21H20N2O5S/c1-27-19-13-12-16(14-20(19)28-2)29(25,26)23-18-11-7-6-10-17(18)21(24)22-15-8-4-3-5-9-15/h3-14,23H,1-2H3,(H,22,24). The molecule has 150 valence electrons. The molecular weight excluding hydrogens is 392 g/mol. The van der Waals surface area contributed by atoms with Gasteiger partial charge in [-0.15, -0.1) is 0 Å². The molecule has 2 N–H and O–H groups in total. The lowest BCUT2D eigenvalue weighted by atomic mass is 10.1. The maximum Gasteiger partial charge on any atom is 0.262 e. The van der Waals surface area contributed by atoms with E-state index in [9.17, 15) is 13.2 Å². The van der Waals surface area contributed by atoms with E-state index >= 15 is 0 Å². The van der Waals surface area contributed by atoms with Crippen LogP contribution in [0.25, 0.3) is 0 Å². The molecule has 7 nitrogen and oxygen atoms in total. The fourth-order valence-corrected chi connectivity index (χ4v) is 3.77. The number of carbonyl (C=O) groups is 1. The predicted octanol–water partition coefficient (Wildman–Crippen LogP) is 3.76. The van der Waals surface area contributed by atoms with Gasteiger partial charge in [0.15, 0.2) is 11.5 Å². The molecule has 0 bridgehead atoms. The van der Waals surface area contributed by atoms with Gasteiger partial charge in [-0.25, -0.2) is 8.42 Å². The minimum absolute atomic E-state index is 0.0200. The van der Waals surface area contributed by atoms with Crippen molar-refractivity contribution in [2.75, 3.05) is 24.3 Å². The maximum atomic E-state index is 12.9. The number of rotatable bonds is 7. The average molecular weight is 412 g/mol. The summed E-state index contributed by atoms with van der Waals surface area (Å²) in [5.41, 5.74) is 0.964. The molecule has 0 aliphatic carbocycles. The van der Waals surface area contributed by atoms with Crippen LogP contribution in [0.3, 0.4) is 0 Å². The molecule has 0 saturated carbocycles. The van der Waals surface area contributed by atoms with Gasteiger partial charge in [-0.3, -0.25) is 9.52 Å². The summed E-state index contributed by atoms with van der Waals surface area (Å²) in [6.45, 7) is 0. The van der Waals surface area contributed by atoms with Crippen molar-refractivity contribution in [2.24, 2.45) is 0 Å². The largest absolute Gasteiger partial charge is 0.493 e. The lowest BCUT2D eigenvalue weighted by Gasteiger charge is -2.14.